The number of benzene rings is 2. The maximum atomic E-state index is 12.5. The molecule has 0 atom stereocenters. The molecule has 0 saturated carbocycles. The number of nitriles is 1. The molecule has 29 heavy (non-hydrogen) atoms. The van der Waals surface area contributed by atoms with Crippen LogP contribution in [-0.2, 0) is 11.3 Å². The van der Waals surface area contributed by atoms with Crippen molar-refractivity contribution in [2.45, 2.75) is 13.5 Å². The number of nitrogens with one attached hydrogen (secondary N) is 1. The summed E-state index contributed by atoms with van der Waals surface area (Å²) in [5.74, 6) is 0.892. The highest BCUT2D eigenvalue weighted by atomic mass is 79.9. The zero-order valence-corrected chi connectivity index (χ0v) is 17.9. The molecule has 0 aliphatic rings. The SMILES string of the molecule is CCOc1cc(/C=C(\C#N)C(=O)NCc2ccc(OC)cc2OC)c(Br)cc1O. The van der Waals surface area contributed by atoms with Crippen molar-refractivity contribution >= 4 is 27.9 Å². The molecule has 0 radical (unpaired) electrons. The lowest BCUT2D eigenvalue weighted by Gasteiger charge is -2.11. The third-order valence-corrected chi connectivity index (χ3v) is 4.66. The monoisotopic (exact) mass is 460 g/mol. The van der Waals surface area contributed by atoms with Gasteiger partial charge in [-0.15, -0.1) is 0 Å². The molecule has 0 aromatic heterocycles. The van der Waals surface area contributed by atoms with Gasteiger partial charge in [0, 0.05) is 22.6 Å². The van der Waals surface area contributed by atoms with Gasteiger partial charge in [-0.25, -0.2) is 0 Å². The molecule has 0 saturated heterocycles. The Morgan fingerprint density at radius 3 is 2.62 bits per heavy atom. The van der Waals surface area contributed by atoms with Crippen molar-refractivity contribution in [3.63, 3.8) is 0 Å². The highest BCUT2D eigenvalue weighted by molar-refractivity contribution is 9.10. The van der Waals surface area contributed by atoms with Crippen LogP contribution >= 0.6 is 15.9 Å². The number of hydrogen-bond donors (Lipinski definition) is 2. The van der Waals surface area contributed by atoms with Gasteiger partial charge < -0.3 is 24.6 Å². The summed E-state index contributed by atoms with van der Waals surface area (Å²) in [6.45, 7) is 2.33. The maximum Gasteiger partial charge on any atom is 0.262 e. The van der Waals surface area contributed by atoms with Crippen LogP contribution in [-0.4, -0.2) is 31.8 Å². The molecule has 7 nitrogen and oxygen atoms in total. The number of phenols is 1. The van der Waals surface area contributed by atoms with Gasteiger partial charge >= 0.3 is 0 Å². The summed E-state index contributed by atoms with van der Waals surface area (Å²) in [6.07, 6.45) is 1.42. The first kappa shape index (κ1) is 22.1. The molecule has 0 spiro atoms. The van der Waals surface area contributed by atoms with Crippen molar-refractivity contribution in [1.82, 2.24) is 5.32 Å². The quantitative estimate of drug-likeness (QED) is 0.458. The summed E-state index contributed by atoms with van der Waals surface area (Å²) in [5, 5.41) is 22.0. The van der Waals surface area contributed by atoms with Crippen LogP contribution in [0.25, 0.3) is 6.08 Å². The fourth-order valence-corrected chi connectivity index (χ4v) is 2.96. The number of rotatable bonds is 8. The first-order chi connectivity index (χ1) is 13.9. The lowest BCUT2D eigenvalue weighted by Crippen LogP contribution is -2.24. The van der Waals surface area contributed by atoms with E-state index in [1.165, 1.54) is 19.3 Å². The van der Waals surface area contributed by atoms with Crippen LogP contribution in [0, 0.1) is 11.3 Å². The largest absolute Gasteiger partial charge is 0.504 e. The molecular formula is C21H21BrN2O5. The van der Waals surface area contributed by atoms with Gasteiger partial charge in [-0.3, -0.25) is 4.79 Å². The van der Waals surface area contributed by atoms with E-state index in [-0.39, 0.29) is 23.6 Å². The van der Waals surface area contributed by atoms with Gasteiger partial charge in [0.2, 0.25) is 0 Å². The van der Waals surface area contributed by atoms with Crippen LogP contribution in [0.4, 0.5) is 0 Å². The summed E-state index contributed by atoms with van der Waals surface area (Å²) < 4.78 is 16.3. The van der Waals surface area contributed by atoms with Gasteiger partial charge in [0.05, 0.1) is 20.8 Å². The minimum absolute atomic E-state index is 0.0366. The Morgan fingerprint density at radius 2 is 2.00 bits per heavy atom. The standard InChI is InChI=1S/C21H21BrN2O5/c1-4-29-20-8-14(17(22)10-18(20)25)7-15(11-23)21(26)24-12-13-5-6-16(27-2)9-19(13)28-3/h5-10,25H,4,12H2,1-3H3,(H,24,26)/b15-7+. The first-order valence-corrected chi connectivity index (χ1v) is 9.49. The molecule has 0 heterocycles. The highest BCUT2D eigenvalue weighted by Crippen LogP contribution is 2.33. The second kappa shape index (κ2) is 10.4. The normalized spacial score (nSPS) is 10.8. The molecule has 0 aliphatic heterocycles. The van der Waals surface area contributed by atoms with Gasteiger partial charge in [0.25, 0.3) is 5.91 Å². The van der Waals surface area contributed by atoms with Crippen molar-refractivity contribution < 1.29 is 24.1 Å². The lowest BCUT2D eigenvalue weighted by molar-refractivity contribution is -0.117. The number of methoxy groups -OCH3 is 2. The molecule has 1 amide bonds. The van der Waals surface area contributed by atoms with Crippen LogP contribution < -0.4 is 19.5 Å². The molecule has 0 aliphatic carbocycles. The Balaban J connectivity index is 2.21. The molecule has 2 N–H and O–H groups in total. The van der Waals surface area contributed by atoms with E-state index in [2.05, 4.69) is 21.2 Å². The molecule has 2 aromatic rings. The summed E-state index contributed by atoms with van der Waals surface area (Å²) >= 11 is 3.32. The van der Waals surface area contributed by atoms with Gasteiger partial charge in [-0.1, -0.05) is 15.9 Å². The third-order valence-electron chi connectivity index (χ3n) is 3.98. The topological polar surface area (TPSA) is 101 Å². The fraction of sp³-hybridized carbons (Fsp3) is 0.238. The average molecular weight is 461 g/mol. The minimum atomic E-state index is -0.539. The number of carbonyl (C=O) groups excluding carboxylic acids is 1. The maximum absolute atomic E-state index is 12.5. The van der Waals surface area contributed by atoms with Crippen molar-refractivity contribution in [3.05, 3.63) is 51.5 Å². The molecule has 152 valence electrons. The van der Waals surface area contributed by atoms with Crippen LogP contribution in [0.1, 0.15) is 18.1 Å². The van der Waals surface area contributed by atoms with Crippen LogP contribution in [0.5, 0.6) is 23.0 Å². The van der Waals surface area contributed by atoms with Crippen molar-refractivity contribution in [3.8, 4) is 29.1 Å². The lowest BCUT2D eigenvalue weighted by atomic mass is 10.1. The fourth-order valence-electron chi connectivity index (χ4n) is 2.51. The van der Waals surface area contributed by atoms with Crippen molar-refractivity contribution in [1.29, 1.82) is 5.26 Å². The predicted octanol–water partition coefficient (Wildman–Crippen LogP) is 3.79. The molecule has 2 rings (SSSR count). The molecular weight excluding hydrogens is 440 g/mol. The van der Waals surface area contributed by atoms with Gasteiger partial charge in [-0.2, -0.15) is 5.26 Å². The molecule has 0 fully saturated rings. The van der Waals surface area contributed by atoms with E-state index in [4.69, 9.17) is 14.2 Å². The van der Waals surface area contributed by atoms with Gasteiger partial charge in [0.1, 0.15) is 23.1 Å². The van der Waals surface area contributed by atoms with E-state index in [1.54, 1.807) is 38.3 Å². The Hall–Kier alpha value is -3.18. The van der Waals surface area contributed by atoms with Crippen molar-refractivity contribution in [2.75, 3.05) is 20.8 Å². The summed E-state index contributed by atoms with van der Waals surface area (Å²) in [7, 11) is 3.08. The molecule has 8 heteroatoms. The number of hydrogen-bond acceptors (Lipinski definition) is 6. The van der Waals surface area contributed by atoms with E-state index in [9.17, 15) is 15.2 Å². The number of ether oxygens (including phenoxy) is 3. The second-order valence-electron chi connectivity index (χ2n) is 5.80. The van der Waals surface area contributed by atoms with E-state index < -0.39 is 5.91 Å². The second-order valence-corrected chi connectivity index (χ2v) is 6.66. The summed E-state index contributed by atoms with van der Waals surface area (Å²) in [5.41, 5.74) is 1.18. The minimum Gasteiger partial charge on any atom is -0.504 e. The molecule has 0 unspecified atom stereocenters. The van der Waals surface area contributed by atoms with Gasteiger partial charge in [0.15, 0.2) is 11.5 Å². The van der Waals surface area contributed by atoms with Gasteiger partial charge in [-0.05, 0) is 42.8 Å². The Bertz CT molecular complexity index is 966. The van der Waals surface area contributed by atoms with Crippen LogP contribution in [0.15, 0.2) is 40.4 Å². The Kier molecular flexibility index (Phi) is 7.92. The van der Waals surface area contributed by atoms with Crippen LogP contribution in [0.2, 0.25) is 0 Å². The van der Waals surface area contributed by atoms with E-state index >= 15 is 0 Å². The predicted molar refractivity (Wildman–Crippen MR) is 112 cm³/mol. The number of carbonyl (C=O) groups is 1. The van der Waals surface area contributed by atoms with E-state index in [0.717, 1.165) is 5.56 Å². The third kappa shape index (κ3) is 5.65. The zero-order chi connectivity index (χ0) is 21.4. The average Bonchev–Trinajstić information content (AvgIpc) is 2.73. The smallest absolute Gasteiger partial charge is 0.262 e. The van der Waals surface area contributed by atoms with E-state index in [0.29, 0.717) is 28.1 Å². The van der Waals surface area contributed by atoms with E-state index in [1.807, 2.05) is 6.07 Å². The first-order valence-electron chi connectivity index (χ1n) is 8.69. The highest BCUT2D eigenvalue weighted by Gasteiger charge is 2.14. The Labute approximate surface area is 177 Å². The summed E-state index contributed by atoms with van der Waals surface area (Å²) in [4.78, 5) is 12.5. The number of amides is 1. The zero-order valence-electron chi connectivity index (χ0n) is 16.3. The number of aromatic hydroxyl groups is 1. The van der Waals surface area contributed by atoms with Crippen LogP contribution in [0.3, 0.4) is 0 Å². The van der Waals surface area contributed by atoms with Crippen molar-refractivity contribution in [2.24, 2.45) is 0 Å². The Morgan fingerprint density at radius 1 is 1.24 bits per heavy atom. The molecule has 0 bridgehead atoms. The molecule has 2 aromatic carbocycles. The number of phenolic OH excluding ortho intramolecular Hbond substituents is 1. The number of nitrogens with zero attached hydrogens (tertiary/aromatic N) is 1. The summed E-state index contributed by atoms with van der Waals surface area (Å²) in [6, 6.07) is 10.2. The number of halogens is 1.